The Morgan fingerprint density at radius 2 is 1.67 bits per heavy atom. The summed E-state index contributed by atoms with van der Waals surface area (Å²) in [5.41, 5.74) is 4.34. The number of hydrogen-bond acceptors (Lipinski definition) is 3. The molecule has 0 aliphatic heterocycles. The molecule has 2 aromatic rings. The highest BCUT2D eigenvalue weighted by Gasteiger charge is 2.21. The van der Waals surface area contributed by atoms with Crippen LogP contribution in [-0.2, 0) is 10.0 Å². The van der Waals surface area contributed by atoms with Gasteiger partial charge in [-0.3, -0.25) is 0 Å². The standard InChI is InChI=1S/C18H22ClNO3S/c1-11-8-13(3)16(9-12(11)2)14(4)20-24(21,22)15-6-7-18(23-5)17(19)10-15/h6-10,14,20H,1-5H3/t14-/m1/s1. The molecule has 0 aliphatic rings. The fourth-order valence-corrected chi connectivity index (χ4v) is 4.20. The van der Waals surface area contributed by atoms with Gasteiger partial charge in [0.25, 0.3) is 0 Å². The van der Waals surface area contributed by atoms with Gasteiger partial charge >= 0.3 is 0 Å². The van der Waals surface area contributed by atoms with Crippen molar-refractivity contribution in [3.63, 3.8) is 0 Å². The first kappa shape index (κ1) is 18.8. The highest BCUT2D eigenvalue weighted by Crippen LogP contribution is 2.28. The van der Waals surface area contributed by atoms with Crippen molar-refractivity contribution in [3.8, 4) is 5.75 Å². The van der Waals surface area contributed by atoms with Gasteiger partial charge in [-0.25, -0.2) is 13.1 Å². The molecule has 4 nitrogen and oxygen atoms in total. The summed E-state index contributed by atoms with van der Waals surface area (Å²) in [4.78, 5) is 0.113. The summed E-state index contributed by atoms with van der Waals surface area (Å²) in [6.07, 6.45) is 0. The maximum atomic E-state index is 12.6. The molecule has 0 saturated heterocycles. The van der Waals surface area contributed by atoms with Crippen LogP contribution in [0, 0.1) is 20.8 Å². The third-order valence-electron chi connectivity index (χ3n) is 4.11. The maximum Gasteiger partial charge on any atom is 0.241 e. The molecule has 1 atom stereocenters. The van der Waals surface area contributed by atoms with Crippen molar-refractivity contribution >= 4 is 21.6 Å². The smallest absolute Gasteiger partial charge is 0.241 e. The van der Waals surface area contributed by atoms with E-state index in [4.69, 9.17) is 16.3 Å². The number of nitrogens with one attached hydrogen (secondary N) is 1. The van der Waals surface area contributed by atoms with Gasteiger partial charge in [-0.15, -0.1) is 0 Å². The molecule has 0 bridgehead atoms. The number of methoxy groups -OCH3 is 1. The van der Waals surface area contributed by atoms with Crippen LogP contribution in [0.5, 0.6) is 5.75 Å². The third-order valence-corrected chi connectivity index (χ3v) is 5.95. The number of halogens is 1. The Kier molecular flexibility index (Phi) is 5.58. The summed E-state index contributed by atoms with van der Waals surface area (Å²) in [5, 5.41) is 0.260. The molecule has 0 fully saturated rings. The Morgan fingerprint density at radius 3 is 2.25 bits per heavy atom. The van der Waals surface area contributed by atoms with Crippen LogP contribution in [0.3, 0.4) is 0 Å². The fourth-order valence-electron chi connectivity index (χ4n) is 2.63. The van der Waals surface area contributed by atoms with E-state index in [9.17, 15) is 8.42 Å². The molecule has 24 heavy (non-hydrogen) atoms. The predicted molar refractivity (Wildman–Crippen MR) is 97.4 cm³/mol. The van der Waals surface area contributed by atoms with Gasteiger partial charge in [0.05, 0.1) is 17.0 Å². The van der Waals surface area contributed by atoms with E-state index in [-0.39, 0.29) is 16.0 Å². The van der Waals surface area contributed by atoms with Gasteiger partial charge in [-0.05, 0) is 68.1 Å². The van der Waals surface area contributed by atoms with Crippen LogP contribution in [0.2, 0.25) is 5.02 Å². The summed E-state index contributed by atoms with van der Waals surface area (Å²) in [7, 11) is -2.20. The maximum absolute atomic E-state index is 12.6. The Bertz CT molecular complexity index is 863. The lowest BCUT2D eigenvalue weighted by atomic mass is 9.97. The second-order valence-corrected chi connectivity index (χ2v) is 8.05. The first-order valence-electron chi connectivity index (χ1n) is 7.59. The summed E-state index contributed by atoms with van der Waals surface area (Å²) < 4.78 is 33.0. The van der Waals surface area contributed by atoms with E-state index in [1.165, 1.54) is 24.8 Å². The number of hydrogen-bond donors (Lipinski definition) is 1. The van der Waals surface area contributed by atoms with Gasteiger partial charge in [0, 0.05) is 6.04 Å². The Morgan fingerprint density at radius 1 is 1.04 bits per heavy atom. The van der Waals surface area contributed by atoms with Crippen molar-refractivity contribution in [1.29, 1.82) is 0 Å². The van der Waals surface area contributed by atoms with Crippen LogP contribution in [0.4, 0.5) is 0 Å². The van der Waals surface area contributed by atoms with Gasteiger partial charge in [-0.2, -0.15) is 0 Å². The normalized spacial score (nSPS) is 12.9. The van der Waals surface area contributed by atoms with Crippen LogP contribution < -0.4 is 9.46 Å². The summed E-state index contributed by atoms with van der Waals surface area (Å²) >= 11 is 6.04. The van der Waals surface area contributed by atoms with Crippen LogP contribution >= 0.6 is 11.6 Å². The summed E-state index contributed by atoms with van der Waals surface area (Å²) in [6, 6.07) is 8.16. The van der Waals surface area contributed by atoms with E-state index in [0.29, 0.717) is 5.75 Å². The number of rotatable bonds is 5. The molecule has 0 aromatic heterocycles. The van der Waals surface area contributed by atoms with E-state index >= 15 is 0 Å². The average Bonchev–Trinajstić information content (AvgIpc) is 2.50. The van der Waals surface area contributed by atoms with E-state index in [1.807, 2.05) is 33.8 Å². The van der Waals surface area contributed by atoms with Crippen LogP contribution in [-0.4, -0.2) is 15.5 Å². The van der Waals surface area contributed by atoms with Crippen molar-refractivity contribution in [3.05, 3.63) is 57.6 Å². The van der Waals surface area contributed by atoms with Crippen molar-refractivity contribution in [2.24, 2.45) is 0 Å². The number of aryl methyl sites for hydroxylation is 3. The molecule has 0 saturated carbocycles. The molecule has 0 spiro atoms. The van der Waals surface area contributed by atoms with E-state index in [2.05, 4.69) is 10.8 Å². The number of ether oxygens (including phenoxy) is 1. The number of sulfonamides is 1. The van der Waals surface area contributed by atoms with Gasteiger partial charge in [0.1, 0.15) is 5.75 Å². The molecule has 6 heteroatoms. The molecule has 0 amide bonds. The van der Waals surface area contributed by atoms with Gasteiger partial charge in [0.15, 0.2) is 0 Å². The minimum Gasteiger partial charge on any atom is -0.495 e. The van der Waals surface area contributed by atoms with E-state index in [0.717, 1.165) is 16.7 Å². The lowest BCUT2D eigenvalue weighted by molar-refractivity contribution is 0.414. The minimum absolute atomic E-state index is 0.113. The van der Waals surface area contributed by atoms with E-state index in [1.54, 1.807) is 6.07 Å². The SMILES string of the molecule is COc1ccc(S(=O)(=O)N[C@H](C)c2cc(C)c(C)cc2C)cc1Cl. The van der Waals surface area contributed by atoms with Gasteiger partial charge < -0.3 is 4.74 Å². The Balaban J connectivity index is 2.32. The van der Waals surface area contributed by atoms with Crippen molar-refractivity contribution in [1.82, 2.24) is 4.72 Å². The summed E-state index contributed by atoms with van der Waals surface area (Å²) in [6.45, 7) is 7.87. The molecule has 0 radical (unpaired) electrons. The molecule has 0 aliphatic carbocycles. The Hall–Kier alpha value is -1.56. The second kappa shape index (κ2) is 7.13. The van der Waals surface area contributed by atoms with Crippen LogP contribution in [0.1, 0.15) is 35.2 Å². The monoisotopic (exact) mass is 367 g/mol. The quantitative estimate of drug-likeness (QED) is 0.856. The molecule has 130 valence electrons. The summed E-state index contributed by atoms with van der Waals surface area (Å²) in [5.74, 6) is 0.439. The topological polar surface area (TPSA) is 55.4 Å². The van der Waals surface area contributed by atoms with Crippen LogP contribution in [0.25, 0.3) is 0 Å². The molecule has 2 aromatic carbocycles. The van der Waals surface area contributed by atoms with Crippen LogP contribution in [0.15, 0.2) is 35.2 Å². The van der Waals surface area contributed by atoms with Crippen molar-refractivity contribution < 1.29 is 13.2 Å². The largest absolute Gasteiger partial charge is 0.495 e. The molecule has 0 heterocycles. The van der Waals surface area contributed by atoms with E-state index < -0.39 is 10.0 Å². The second-order valence-electron chi connectivity index (χ2n) is 5.93. The zero-order valence-corrected chi connectivity index (χ0v) is 16.0. The zero-order chi connectivity index (χ0) is 18.1. The first-order valence-corrected chi connectivity index (χ1v) is 9.45. The molecular weight excluding hydrogens is 346 g/mol. The highest BCUT2D eigenvalue weighted by molar-refractivity contribution is 7.89. The molecular formula is C18H22ClNO3S. The third kappa shape index (κ3) is 3.91. The molecule has 2 rings (SSSR count). The molecule has 0 unspecified atom stereocenters. The lowest BCUT2D eigenvalue weighted by Gasteiger charge is -2.19. The van der Waals surface area contributed by atoms with Crippen molar-refractivity contribution in [2.75, 3.05) is 7.11 Å². The predicted octanol–water partition coefficient (Wildman–Crippen LogP) is 4.31. The zero-order valence-electron chi connectivity index (χ0n) is 14.5. The Labute approximate surface area is 148 Å². The van der Waals surface area contributed by atoms with Crippen molar-refractivity contribution in [2.45, 2.75) is 38.6 Å². The average molecular weight is 368 g/mol. The fraction of sp³-hybridized carbons (Fsp3) is 0.333. The van der Waals surface area contributed by atoms with Gasteiger partial charge in [-0.1, -0.05) is 23.7 Å². The molecule has 1 N–H and O–H groups in total. The minimum atomic E-state index is -3.68. The lowest BCUT2D eigenvalue weighted by Crippen LogP contribution is -2.27. The first-order chi connectivity index (χ1) is 11.2. The van der Waals surface area contributed by atoms with Gasteiger partial charge in [0.2, 0.25) is 10.0 Å². The highest BCUT2D eigenvalue weighted by atomic mass is 35.5. The number of benzene rings is 2.